The Labute approximate surface area is 171 Å². The Morgan fingerprint density at radius 1 is 1.00 bits per heavy atom. The highest BCUT2D eigenvalue weighted by atomic mass is 16.5. The Hall–Kier alpha value is -2.64. The summed E-state index contributed by atoms with van der Waals surface area (Å²) in [6.45, 7) is 5.29. The predicted octanol–water partition coefficient (Wildman–Crippen LogP) is 2.48. The molecule has 7 nitrogen and oxygen atoms in total. The monoisotopic (exact) mass is 402 g/mol. The highest BCUT2D eigenvalue weighted by Gasteiger charge is 2.21. The molecule has 0 radical (unpaired) electrons. The Kier molecular flexibility index (Phi) is 8.89. The zero-order chi connectivity index (χ0) is 21.2. The summed E-state index contributed by atoms with van der Waals surface area (Å²) in [5, 5.41) is 4.64. The van der Waals surface area contributed by atoms with E-state index in [1.54, 1.807) is 31.3 Å². The van der Waals surface area contributed by atoms with Crippen LogP contribution < -0.4 is 10.1 Å². The molecule has 1 N–H and O–H groups in total. The molecule has 7 heteroatoms. The van der Waals surface area contributed by atoms with Gasteiger partial charge in [0.05, 0.1) is 18.8 Å². The van der Waals surface area contributed by atoms with Gasteiger partial charge in [0.2, 0.25) is 0 Å². The van der Waals surface area contributed by atoms with Crippen molar-refractivity contribution < 1.29 is 23.8 Å². The first-order valence-corrected chi connectivity index (χ1v) is 9.68. The maximum atomic E-state index is 13.3. The van der Waals surface area contributed by atoms with Crippen LogP contribution in [0.25, 0.3) is 10.8 Å². The number of amides is 2. The van der Waals surface area contributed by atoms with Crippen molar-refractivity contribution >= 4 is 22.6 Å². The van der Waals surface area contributed by atoms with Crippen LogP contribution in [0, 0.1) is 0 Å². The summed E-state index contributed by atoms with van der Waals surface area (Å²) < 4.78 is 16.0. The number of nitrogens with zero attached hydrogens (tertiary/aromatic N) is 1. The van der Waals surface area contributed by atoms with Crippen molar-refractivity contribution in [2.75, 3.05) is 47.1 Å². The summed E-state index contributed by atoms with van der Waals surface area (Å²) in [7, 11) is 3.19. The van der Waals surface area contributed by atoms with Crippen LogP contribution in [0.2, 0.25) is 0 Å². The van der Waals surface area contributed by atoms with E-state index in [0.717, 1.165) is 10.8 Å². The van der Waals surface area contributed by atoms with Crippen LogP contribution in [0.5, 0.6) is 5.75 Å². The molecule has 158 valence electrons. The number of fused-ring (bicyclic) bond motifs is 1. The van der Waals surface area contributed by atoms with E-state index in [1.165, 1.54) is 0 Å². The van der Waals surface area contributed by atoms with Gasteiger partial charge in [-0.1, -0.05) is 24.3 Å². The topological polar surface area (TPSA) is 77.1 Å². The molecule has 0 unspecified atom stereocenters. The lowest BCUT2D eigenvalue weighted by Crippen LogP contribution is -2.37. The highest BCUT2D eigenvalue weighted by Crippen LogP contribution is 2.27. The first-order valence-electron chi connectivity index (χ1n) is 9.68. The molecule has 29 heavy (non-hydrogen) atoms. The Balaban J connectivity index is 2.34. The van der Waals surface area contributed by atoms with E-state index in [9.17, 15) is 9.59 Å². The van der Waals surface area contributed by atoms with Crippen molar-refractivity contribution in [1.82, 2.24) is 10.2 Å². The van der Waals surface area contributed by atoms with Gasteiger partial charge in [0.15, 0.2) is 6.61 Å². The molecule has 2 rings (SSSR count). The minimum absolute atomic E-state index is 0.0161. The third-order valence-corrected chi connectivity index (χ3v) is 4.30. The van der Waals surface area contributed by atoms with Crippen molar-refractivity contribution in [1.29, 1.82) is 0 Å². The smallest absolute Gasteiger partial charge is 0.258 e. The second-order valence-corrected chi connectivity index (χ2v) is 6.98. The van der Waals surface area contributed by atoms with Gasteiger partial charge in [0.25, 0.3) is 11.8 Å². The SMILES string of the molecule is COCCN(CCOC)C(=O)c1cc2ccccc2cc1OCC(=O)NC(C)C. The average molecular weight is 402 g/mol. The average Bonchev–Trinajstić information content (AvgIpc) is 2.70. The van der Waals surface area contributed by atoms with Crippen molar-refractivity contribution in [3.63, 3.8) is 0 Å². The van der Waals surface area contributed by atoms with Gasteiger partial charge in [-0.05, 0) is 36.8 Å². The molecule has 0 aliphatic rings. The van der Waals surface area contributed by atoms with Crippen molar-refractivity contribution in [3.05, 3.63) is 42.0 Å². The van der Waals surface area contributed by atoms with E-state index in [4.69, 9.17) is 14.2 Å². The molecule has 2 aromatic rings. The maximum Gasteiger partial charge on any atom is 0.258 e. The van der Waals surface area contributed by atoms with Crippen LogP contribution in [0.3, 0.4) is 0 Å². The van der Waals surface area contributed by atoms with Crippen LogP contribution in [0.15, 0.2) is 36.4 Å². The van der Waals surface area contributed by atoms with Gasteiger partial charge in [-0.25, -0.2) is 0 Å². The molecule has 0 saturated carbocycles. The van der Waals surface area contributed by atoms with Crippen molar-refractivity contribution in [2.24, 2.45) is 0 Å². The lowest BCUT2D eigenvalue weighted by molar-refractivity contribution is -0.123. The second-order valence-electron chi connectivity index (χ2n) is 6.98. The lowest BCUT2D eigenvalue weighted by atomic mass is 10.0. The minimum atomic E-state index is -0.234. The number of methoxy groups -OCH3 is 2. The molecule has 0 atom stereocenters. The molecule has 0 bridgehead atoms. The zero-order valence-electron chi connectivity index (χ0n) is 17.6. The Morgan fingerprint density at radius 3 is 2.14 bits per heavy atom. The summed E-state index contributed by atoms with van der Waals surface area (Å²) >= 11 is 0. The van der Waals surface area contributed by atoms with E-state index in [1.807, 2.05) is 38.1 Å². The number of benzene rings is 2. The molecular formula is C22H30N2O5. The largest absolute Gasteiger partial charge is 0.483 e. The Morgan fingerprint density at radius 2 is 1.59 bits per heavy atom. The van der Waals surface area contributed by atoms with Crippen LogP contribution in [0.4, 0.5) is 0 Å². The molecule has 0 spiro atoms. The normalized spacial score (nSPS) is 10.9. The summed E-state index contributed by atoms with van der Waals surface area (Å²) in [6.07, 6.45) is 0. The van der Waals surface area contributed by atoms with Gasteiger partial charge in [-0.15, -0.1) is 0 Å². The summed E-state index contributed by atoms with van der Waals surface area (Å²) in [6, 6.07) is 11.3. The summed E-state index contributed by atoms with van der Waals surface area (Å²) in [4.78, 5) is 27.0. The molecule has 0 fully saturated rings. The Bertz CT molecular complexity index is 814. The third kappa shape index (κ3) is 6.73. The fraction of sp³-hybridized carbons (Fsp3) is 0.455. The van der Waals surface area contributed by atoms with Gasteiger partial charge in [-0.3, -0.25) is 9.59 Å². The molecule has 0 saturated heterocycles. The molecule has 0 aliphatic carbocycles. The van der Waals surface area contributed by atoms with Crippen molar-refractivity contribution in [3.8, 4) is 5.75 Å². The van der Waals surface area contributed by atoms with Gasteiger partial charge >= 0.3 is 0 Å². The van der Waals surface area contributed by atoms with Crippen LogP contribution in [0.1, 0.15) is 24.2 Å². The van der Waals surface area contributed by atoms with Crippen LogP contribution in [-0.2, 0) is 14.3 Å². The lowest BCUT2D eigenvalue weighted by Gasteiger charge is -2.23. The summed E-state index contributed by atoms with van der Waals surface area (Å²) in [5.41, 5.74) is 0.410. The third-order valence-electron chi connectivity index (χ3n) is 4.30. The molecule has 0 aromatic heterocycles. The van der Waals surface area contributed by atoms with E-state index >= 15 is 0 Å². The summed E-state index contributed by atoms with van der Waals surface area (Å²) in [5.74, 6) is -0.0428. The molecular weight excluding hydrogens is 372 g/mol. The van der Waals surface area contributed by atoms with E-state index in [2.05, 4.69) is 5.32 Å². The first-order chi connectivity index (χ1) is 14.0. The number of hydrogen-bond acceptors (Lipinski definition) is 5. The molecule has 2 amide bonds. The van der Waals surface area contributed by atoms with E-state index in [0.29, 0.717) is 37.6 Å². The highest BCUT2D eigenvalue weighted by molar-refractivity contribution is 6.01. The number of ether oxygens (including phenoxy) is 3. The van der Waals surface area contributed by atoms with Gasteiger partial charge in [0, 0.05) is 33.4 Å². The van der Waals surface area contributed by atoms with E-state index < -0.39 is 0 Å². The number of carbonyl (C=O) groups excluding carboxylic acids is 2. The quantitative estimate of drug-likeness (QED) is 0.625. The number of rotatable bonds is 11. The van der Waals surface area contributed by atoms with Crippen molar-refractivity contribution in [2.45, 2.75) is 19.9 Å². The minimum Gasteiger partial charge on any atom is -0.483 e. The fourth-order valence-electron chi connectivity index (χ4n) is 2.90. The van der Waals surface area contributed by atoms with Gasteiger partial charge in [-0.2, -0.15) is 0 Å². The number of hydrogen-bond donors (Lipinski definition) is 1. The number of nitrogens with one attached hydrogen (secondary N) is 1. The number of carbonyl (C=O) groups is 2. The predicted molar refractivity (Wildman–Crippen MR) is 112 cm³/mol. The maximum absolute atomic E-state index is 13.3. The van der Waals surface area contributed by atoms with Crippen LogP contribution >= 0.6 is 0 Å². The zero-order valence-corrected chi connectivity index (χ0v) is 17.6. The molecule has 0 heterocycles. The standard InChI is InChI=1S/C22H30N2O5/c1-16(2)23-21(25)15-29-20-14-18-8-6-5-7-17(18)13-19(20)22(26)24(9-11-27-3)10-12-28-4/h5-8,13-14,16H,9-12,15H2,1-4H3,(H,23,25). The van der Waals surface area contributed by atoms with Crippen LogP contribution in [-0.4, -0.2) is 69.9 Å². The van der Waals surface area contributed by atoms with E-state index in [-0.39, 0.29) is 24.5 Å². The first kappa shape index (κ1) is 22.6. The second kappa shape index (κ2) is 11.4. The molecule has 0 aliphatic heterocycles. The van der Waals surface area contributed by atoms with Gasteiger partial charge < -0.3 is 24.4 Å². The molecule has 2 aromatic carbocycles. The van der Waals surface area contributed by atoms with Gasteiger partial charge in [0.1, 0.15) is 5.75 Å². The fourth-order valence-corrected chi connectivity index (χ4v) is 2.90.